The largest absolute Gasteiger partial charge is 0.328 e. The highest BCUT2D eigenvalue weighted by Crippen LogP contribution is 2.33. The molecule has 2 N–H and O–H groups in total. The molecule has 0 aliphatic heterocycles. The van der Waals surface area contributed by atoms with Crippen LogP contribution in [0.1, 0.15) is 46.0 Å². The van der Waals surface area contributed by atoms with Crippen LogP contribution in [0.5, 0.6) is 0 Å². The molecule has 2 unspecified atom stereocenters. The first kappa shape index (κ1) is 10.4. The van der Waals surface area contributed by atoms with E-state index < -0.39 is 0 Å². The Hall–Kier alpha value is 0.310. The maximum atomic E-state index is 5.75. The molecule has 0 aromatic rings. The number of thioether (sulfide) groups is 1. The van der Waals surface area contributed by atoms with Crippen molar-refractivity contribution in [3.8, 4) is 0 Å². The zero-order valence-corrected chi connectivity index (χ0v) is 9.07. The van der Waals surface area contributed by atoms with Crippen LogP contribution in [0.2, 0.25) is 0 Å². The Morgan fingerprint density at radius 2 is 1.92 bits per heavy atom. The third kappa shape index (κ3) is 3.81. The highest BCUT2D eigenvalue weighted by atomic mass is 32.2. The summed E-state index contributed by atoms with van der Waals surface area (Å²) in [5.41, 5.74) is 5.75. The number of hydrogen-bond acceptors (Lipinski definition) is 2. The van der Waals surface area contributed by atoms with Gasteiger partial charge < -0.3 is 5.73 Å². The Bertz CT molecular complexity index is 119. The van der Waals surface area contributed by atoms with Crippen LogP contribution >= 0.6 is 11.8 Å². The van der Waals surface area contributed by atoms with Gasteiger partial charge in [-0.2, -0.15) is 11.8 Å². The van der Waals surface area contributed by atoms with Crippen molar-refractivity contribution in [1.29, 1.82) is 0 Å². The van der Waals surface area contributed by atoms with Crippen molar-refractivity contribution in [2.75, 3.05) is 0 Å². The average Bonchev–Trinajstić information content (AvgIpc) is 2.37. The molecular weight excluding hydrogens is 166 g/mol. The van der Waals surface area contributed by atoms with Gasteiger partial charge >= 0.3 is 0 Å². The topological polar surface area (TPSA) is 26.0 Å². The maximum absolute atomic E-state index is 5.75. The number of nitrogens with two attached hydrogens (primary N) is 1. The van der Waals surface area contributed by atoms with E-state index >= 15 is 0 Å². The van der Waals surface area contributed by atoms with Crippen LogP contribution in [0.3, 0.4) is 0 Å². The smallest absolute Gasteiger partial charge is 0.00497 e. The zero-order valence-electron chi connectivity index (χ0n) is 8.25. The molecule has 72 valence electrons. The highest BCUT2D eigenvalue weighted by molar-refractivity contribution is 8.00. The summed E-state index contributed by atoms with van der Waals surface area (Å²) in [6.07, 6.45) is 6.94. The second-order valence-electron chi connectivity index (χ2n) is 4.07. The van der Waals surface area contributed by atoms with Gasteiger partial charge in [-0.1, -0.05) is 19.8 Å². The molecule has 0 bridgehead atoms. The fraction of sp³-hybridized carbons (Fsp3) is 1.00. The van der Waals surface area contributed by atoms with Crippen molar-refractivity contribution >= 4 is 11.8 Å². The van der Waals surface area contributed by atoms with Crippen molar-refractivity contribution in [1.82, 2.24) is 0 Å². The molecule has 12 heavy (non-hydrogen) atoms. The van der Waals surface area contributed by atoms with Crippen molar-refractivity contribution in [2.45, 2.75) is 62.5 Å². The summed E-state index contributed by atoms with van der Waals surface area (Å²) in [6, 6.07) is 0.369. The lowest BCUT2D eigenvalue weighted by Gasteiger charge is -2.17. The van der Waals surface area contributed by atoms with Crippen LogP contribution in [0.25, 0.3) is 0 Å². The van der Waals surface area contributed by atoms with Gasteiger partial charge in [0.25, 0.3) is 0 Å². The molecule has 0 spiro atoms. The van der Waals surface area contributed by atoms with E-state index in [0.717, 1.165) is 10.5 Å². The molecule has 1 rings (SSSR count). The summed E-state index contributed by atoms with van der Waals surface area (Å²) in [5, 5.41) is 1.70. The lowest BCUT2D eigenvalue weighted by Crippen LogP contribution is -2.20. The van der Waals surface area contributed by atoms with Crippen LogP contribution in [-0.4, -0.2) is 16.5 Å². The average molecular weight is 187 g/mol. The third-order valence-electron chi connectivity index (χ3n) is 2.43. The van der Waals surface area contributed by atoms with E-state index in [1.54, 1.807) is 0 Å². The molecule has 0 aromatic carbocycles. The van der Waals surface area contributed by atoms with Crippen LogP contribution in [0.15, 0.2) is 0 Å². The third-order valence-corrected chi connectivity index (χ3v) is 3.94. The van der Waals surface area contributed by atoms with Crippen molar-refractivity contribution in [3.05, 3.63) is 0 Å². The Kier molecular flexibility index (Phi) is 4.44. The summed E-state index contributed by atoms with van der Waals surface area (Å²) in [4.78, 5) is 0. The summed E-state index contributed by atoms with van der Waals surface area (Å²) in [6.45, 7) is 4.41. The van der Waals surface area contributed by atoms with E-state index in [1.165, 1.54) is 32.1 Å². The van der Waals surface area contributed by atoms with E-state index in [2.05, 4.69) is 25.6 Å². The van der Waals surface area contributed by atoms with Gasteiger partial charge in [0.1, 0.15) is 0 Å². The van der Waals surface area contributed by atoms with E-state index in [-0.39, 0.29) is 0 Å². The molecule has 0 saturated heterocycles. The monoisotopic (exact) mass is 187 g/mol. The van der Waals surface area contributed by atoms with Crippen molar-refractivity contribution < 1.29 is 0 Å². The second kappa shape index (κ2) is 5.13. The summed E-state index contributed by atoms with van der Waals surface area (Å²) in [7, 11) is 0. The van der Waals surface area contributed by atoms with E-state index in [1.807, 2.05) is 0 Å². The van der Waals surface area contributed by atoms with Gasteiger partial charge in [-0.3, -0.25) is 0 Å². The Morgan fingerprint density at radius 3 is 2.42 bits per heavy atom. The van der Waals surface area contributed by atoms with Gasteiger partial charge in [0.05, 0.1) is 0 Å². The van der Waals surface area contributed by atoms with Gasteiger partial charge in [-0.15, -0.1) is 0 Å². The second-order valence-corrected chi connectivity index (χ2v) is 5.81. The first-order valence-corrected chi connectivity index (χ1v) is 6.04. The molecular formula is C10H21NS. The quantitative estimate of drug-likeness (QED) is 0.732. The minimum Gasteiger partial charge on any atom is -0.328 e. The number of rotatable bonds is 4. The molecule has 1 saturated carbocycles. The molecule has 2 heteroatoms. The minimum atomic E-state index is 0.369. The van der Waals surface area contributed by atoms with E-state index in [4.69, 9.17) is 5.73 Å². The first-order valence-electron chi connectivity index (χ1n) is 5.09. The van der Waals surface area contributed by atoms with Crippen LogP contribution in [0, 0.1) is 0 Å². The molecule has 0 radical (unpaired) electrons. The van der Waals surface area contributed by atoms with E-state index in [9.17, 15) is 0 Å². The van der Waals surface area contributed by atoms with Gasteiger partial charge in [0.2, 0.25) is 0 Å². The summed E-state index contributed by atoms with van der Waals surface area (Å²) < 4.78 is 0. The van der Waals surface area contributed by atoms with Gasteiger partial charge in [-0.25, -0.2) is 0 Å². The Morgan fingerprint density at radius 1 is 1.33 bits per heavy atom. The van der Waals surface area contributed by atoms with Crippen LogP contribution in [-0.2, 0) is 0 Å². The molecule has 0 heterocycles. The van der Waals surface area contributed by atoms with Crippen LogP contribution in [0.4, 0.5) is 0 Å². The van der Waals surface area contributed by atoms with Crippen molar-refractivity contribution in [2.24, 2.45) is 5.73 Å². The normalized spacial score (nSPS) is 24.2. The molecule has 1 aliphatic carbocycles. The molecule has 0 aromatic heterocycles. The fourth-order valence-corrected chi connectivity index (χ4v) is 3.61. The lowest BCUT2D eigenvalue weighted by molar-refractivity contribution is 0.660. The molecule has 2 atom stereocenters. The standard InChI is InChI=1S/C10H21NS/c1-8(11)7-9(2)12-10-5-3-4-6-10/h8-10H,3-7,11H2,1-2H3. The SMILES string of the molecule is CC(N)CC(C)SC1CCCC1. The number of hydrogen-bond donors (Lipinski definition) is 1. The molecule has 0 amide bonds. The predicted octanol–water partition coefficient (Wildman–Crippen LogP) is 2.79. The van der Waals surface area contributed by atoms with Gasteiger partial charge in [0.15, 0.2) is 0 Å². The summed E-state index contributed by atoms with van der Waals surface area (Å²) >= 11 is 2.16. The Balaban J connectivity index is 2.11. The van der Waals surface area contributed by atoms with Crippen LogP contribution < -0.4 is 5.73 Å². The van der Waals surface area contributed by atoms with Gasteiger partial charge in [-0.05, 0) is 26.2 Å². The lowest BCUT2D eigenvalue weighted by atomic mass is 10.2. The maximum Gasteiger partial charge on any atom is 0.00497 e. The summed E-state index contributed by atoms with van der Waals surface area (Å²) in [5.74, 6) is 0. The van der Waals surface area contributed by atoms with Crippen molar-refractivity contribution in [3.63, 3.8) is 0 Å². The highest BCUT2D eigenvalue weighted by Gasteiger charge is 2.18. The molecule has 1 aliphatic rings. The molecule has 1 fully saturated rings. The van der Waals surface area contributed by atoms with Gasteiger partial charge in [0, 0.05) is 16.5 Å². The fourth-order valence-electron chi connectivity index (χ4n) is 1.93. The minimum absolute atomic E-state index is 0.369. The Labute approximate surface area is 80.5 Å². The zero-order chi connectivity index (χ0) is 8.97. The predicted molar refractivity (Wildman–Crippen MR) is 57.6 cm³/mol. The first-order chi connectivity index (χ1) is 5.68. The van der Waals surface area contributed by atoms with E-state index in [0.29, 0.717) is 6.04 Å². The molecule has 1 nitrogen and oxygen atoms in total.